The van der Waals surface area contributed by atoms with E-state index >= 15 is 0 Å². The van der Waals surface area contributed by atoms with Gasteiger partial charge in [-0.25, -0.2) is 0 Å². The van der Waals surface area contributed by atoms with Crippen molar-refractivity contribution in [2.75, 3.05) is 0 Å². The minimum atomic E-state index is -0.760. The number of fused-ring (bicyclic) bond motifs is 1. The van der Waals surface area contributed by atoms with Crippen LogP contribution in [0.4, 0.5) is 0 Å². The zero-order chi connectivity index (χ0) is 14.9. The maximum absolute atomic E-state index is 11.1. The molecule has 1 aliphatic carbocycles. The normalized spacial score (nSPS) is 22.8. The molecule has 2 unspecified atom stereocenters. The van der Waals surface area contributed by atoms with Gasteiger partial charge in [0, 0.05) is 18.7 Å². The first-order valence-electron chi connectivity index (χ1n) is 7.97. The molecule has 0 saturated carbocycles. The highest BCUT2D eigenvalue weighted by Crippen LogP contribution is 2.37. The van der Waals surface area contributed by atoms with Crippen LogP contribution in [0.2, 0.25) is 0 Å². The molecular weight excluding hydrogens is 260 g/mol. The van der Waals surface area contributed by atoms with Gasteiger partial charge >= 0.3 is 0 Å². The Morgan fingerprint density at radius 1 is 1.33 bits per heavy atom. The van der Waals surface area contributed by atoms with Gasteiger partial charge in [0.05, 0.1) is 11.3 Å². The van der Waals surface area contributed by atoms with Gasteiger partial charge in [-0.2, -0.15) is 5.10 Å². The molecule has 112 valence electrons. The Morgan fingerprint density at radius 2 is 2.14 bits per heavy atom. The summed E-state index contributed by atoms with van der Waals surface area (Å²) >= 11 is 0. The molecule has 3 heteroatoms. The number of hydrogen-bond donors (Lipinski definition) is 1. The summed E-state index contributed by atoms with van der Waals surface area (Å²) < 4.78 is 2.01. The summed E-state index contributed by atoms with van der Waals surface area (Å²) in [7, 11) is 0. The van der Waals surface area contributed by atoms with Gasteiger partial charge in [0.25, 0.3) is 0 Å². The highest BCUT2D eigenvalue weighted by molar-refractivity contribution is 5.35. The van der Waals surface area contributed by atoms with Gasteiger partial charge < -0.3 is 5.11 Å². The number of benzene rings is 1. The molecule has 3 rings (SSSR count). The van der Waals surface area contributed by atoms with Gasteiger partial charge in [-0.05, 0) is 49.8 Å². The summed E-state index contributed by atoms with van der Waals surface area (Å²) in [6.45, 7) is 4.33. The van der Waals surface area contributed by atoms with Crippen molar-refractivity contribution < 1.29 is 5.11 Å². The Labute approximate surface area is 126 Å². The van der Waals surface area contributed by atoms with Crippen molar-refractivity contribution in [1.29, 1.82) is 0 Å². The summed E-state index contributed by atoms with van der Waals surface area (Å²) in [5.41, 5.74) is 2.60. The zero-order valence-electron chi connectivity index (χ0n) is 12.9. The largest absolute Gasteiger partial charge is 0.385 e. The van der Waals surface area contributed by atoms with Crippen molar-refractivity contribution >= 4 is 0 Å². The van der Waals surface area contributed by atoms with Crippen LogP contribution in [-0.4, -0.2) is 14.9 Å². The molecule has 1 heterocycles. The lowest BCUT2D eigenvalue weighted by molar-refractivity contribution is 0.0179. The summed E-state index contributed by atoms with van der Waals surface area (Å²) in [5, 5.41) is 15.8. The quantitative estimate of drug-likeness (QED) is 0.931. The summed E-state index contributed by atoms with van der Waals surface area (Å²) in [5.74, 6) is 0. The first-order chi connectivity index (χ1) is 10.1. The van der Waals surface area contributed by atoms with E-state index in [1.165, 1.54) is 5.56 Å². The number of hydrogen-bond acceptors (Lipinski definition) is 2. The van der Waals surface area contributed by atoms with Gasteiger partial charge in [-0.1, -0.05) is 31.2 Å². The fourth-order valence-corrected chi connectivity index (χ4v) is 3.29. The van der Waals surface area contributed by atoms with Crippen LogP contribution in [0.3, 0.4) is 0 Å². The molecule has 21 heavy (non-hydrogen) atoms. The van der Waals surface area contributed by atoms with Gasteiger partial charge in [-0.15, -0.1) is 0 Å². The maximum Gasteiger partial charge on any atom is 0.0955 e. The second-order valence-corrected chi connectivity index (χ2v) is 6.26. The van der Waals surface area contributed by atoms with Crippen molar-refractivity contribution in [3.05, 3.63) is 53.3 Å². The summed E-state index contributed by atoms with van der Waals surface area (Å²) in [6.07, 6.45) is 6.63. The van der Waals surface area contributed by atoms with Crippen LogP contribution in [0.25, 0.3) is 0 Å². The fraction of sp³-hybridized carbons (Fsp3) is 0.500. The third-order valence-electron chi connectivity index (χ3n) is 4.73. The van der Waals surface area contributed by atoms with Crippen LogP contribution < -0.4 is 0 Å². The van der Waals surface area contributed by atoms with Crippen molar-refractivity contribution in [2.24, 2.45) is 0 Å². The Balaban J connectivity index is 1.86. The van der Waals surface area contributed by atoms with Crippen molar-refractivity contribution in [2.45, 2.75) is 57.6 Å². The van der Waals surface area contributed by atoms with E-state index in [1.54, 1.807) is 0 Å². The van der Waals surface area contributed by atoms with E-state index in [0.717, 1.165) is 36.9 Å². The number of rotatable bonds is 4. The minimum absolute atomic E-state index is 0.409. The van der Waals surface area contributed by atoms with Crippen LogP contribution in [0.15, 0.2) is 36.5 Å². The molecule has 1 N–H and O–H groups in total. The molecular formula is C18H24N2O. The lowest BCUT2D eigenvalue weighted by Gasteiger charge is -2.34. The summed E-state index contributed by atoms with van der Waals surface area (Å²) in [6, 6.07) is 10.7. The summed E-state index contributed by atoms with van der Waals surface area (Å²) in [4.78, 5) is 0. The van der Waals surface area contributed by atoms with E-state index < -0.39 is 5.60 Å². The van der Waals surface area contributed by atoms with Crippen LogP contribution in [-0.2, 0) is 18.4 Å². The Bertz CT molecular complexity index is 619. The molecule has 1 aromatic heterocycles. The highest BCUT2D eigenvalue weighted by Gasteiger charge is 2.34. The lowest BCUT2D eigenvalue weighted by Crippen LogP contribution is -2.33. The molecule has 0 aliphatic heterocycles. The van der Waals surface area contributed by atoms with E-state index in [1.807, 2.05) is 23.0 Å². The van der Waals surface area contributed by atoms with E-state index in [0.29, 0.717) is 12.5 Å². The molecule has 1 aromatic carbocycles. The third-order valence-corrected chi connectivity index (χ3v) is 4.73. The van der Waals surface area contributed by atoms with Gasteiger partial charge in [0.15, 0.2) is 0 Å². The monoisotopic (exact) mass is 284 g/mol. The Kier molecular flexibility index (Phi) is 3.85. The number of nitrogens with zero attached hydrogens (tertiary/aromatic N) is 2. The smallest absolute Gasteiger partial charge is 0.0955 e. The van der Waals surface area contributed by atoms with Gasteiger partial charge in [0.2, 0.25) is 0 Å². The average molecular weight is 284 g/mol. The van der Waals surface area contributed by atoms with Crippen LogP contribution in [0.1, 0.15) is 56.0 Å². The van der Waals surface area contributed by atoms with Crippen molar-refractivity contribution in [3.63, 3.8) is 0 Å². The predicted octanol–water partition coefficient (Wildman–Crippen LogP) is 3.62. The van der Waals surface area contributed by atoms with Crippen LogP contribution in [0, 0.1) is 0 Å². The van der Waals surface area contributed by atoms with Crippen LogP contribution >= 0.6 is 0 Å². The molecule has 0 radical (unpaired) electrons. The second kappa shape index (κ2) is 5.64. The fourth-order valence-electron chi connectivity index (χ4n) is 3.29. The third kappa shape index (κ3) is 2.75. The van der Waals surface area contributed by atoms with Crippen LogP contribution in [0.5, 0.6) is 0 Å². The molecule has 0 amide bonds. The first kappa shape index (κ1) is 14.3. The van der Waals surface area contributed by atoms with Crippen molar-refractivity contribution in [1.82, 2.24) is 9.78 Å². The number of aromatic nitrogens is 2. The average Bonchev–Trinajstić information content (AvgIpc) is 2.95. The van der Waals surface area contributed by atoms with E-state index in [4.69, 9.17) is 0 Å². The Morgan fingerprint density at radius 3 is 2.95 bits per heavy atom. The molecule has 0 bridgehead atoms. The first-order valence-corrected chi connectivity index (χ1v) is 7.97. The molecule has 0 spiro atoms. The maximum atomic E-state index is 11.1. The lowest BCUT2D eigenvalue weighted by atomic mass is 9.77. The van der Waals surface area contributed by atoms with Crippen molar-refractivity contribution in [3.8, 4) is 0 Å². The standard InChI is InChI=1S/C18H24N2O/c1-3-14(2)20-12-10-16(19-20)13-18(21)11-6-8-15-7-4-5-9-17(15)18/h4-5,7,9-10,12,14,21H,3,6,8,11,13H2,1-2H3. The van der Waals surface area contributed by atoms with E-state index in [9.17, 15) is 5.11 Å². The molecule has 2 aromatic rings. The van der Waals surface area contributed by atoms with E-state index in [-0.39, 0.29) is 0 Å². The number of aliphatic hydroxyl groups is 1. The topological polar surface area (TPSA) is 38.0 Å². The zero-order valence-corrected chi connectivity index (χ0v) is 12.9. The van der Waals surface area contributed by atoms with Gasteiger partial charge in [-0.3, -0.25) is 4.68 Å². The molecule has 1 aliphatic rings. The second-order valence-electron chi connectivity index (χ2n) is 6.26. The predicted molar refractivity (Wildman–Crippen MR) is 84.2 cm³/mol. The number of aryl methyl sites for hydroxylation is 1. The van der Waals surface area contributed by atoms with Gasteiger partial charge in [0.1, 0.15) is 0 Å². The SMILES string of the molecule is CCC(C)n1ccc(CC2(O)CCCc3ccccc32)n1. The minimum Gasteiger partial charge on any atom is -0.385 e. The molecule has 3 nitrogen and oxygen atoms in total. The molecule has 0 fully saturated rings. The van der Waals surface area contributed by atoms with E-state index in [2.05, 4.69) is 37.1 Å². The highest BCUT2D eigenvalue weighted by atomic mass is 16.3. The molecule has 2 atom stereocenters. The molecule has 0 saturated heterocycles. The Hall–Kier alpha value is -1.61.